The second-order valence-electron chi connectivity index (χ2n) is 3.20. The van der Waals surface area contributed by atoms with Crippen molar-refractivity contribution >= 4 is 5.97 Å². The number of benzene rings is 1. The highest BCUT2D eigenvalue weighted by molar-refractivity contribution is 5.81. The Morgan fingerprint density at radius 3 is 2.71 bits per heavy atom. The Labute approximate surface area is 81.7 Å². The minimum atomic E-state index is -1.31. The van der Waals surface area contributed by atoms with Crippen molar-refractivity contribution in [1.82, 2.24) is 0 Å². The average Bonchev–Trinajstić information content (AvgIpc) is 2.16. The van der Waals surface area contributed by atoms with Gasteiger partial charge in [0.25, 0.3) is 0 Å². The molecule has 1 aromatic carbocycles. The summed E-state index contributed by atoms with van der Waals surface area (Å²) in [4.78, 5) is 11.3. The highest BCUT2D eigenvalue weighted by Crippen LogP contribution is 2.19. The number of hydrogen-bond donors (Lipinski definition) is 1. The third-order valence-corrected chi connectivity index (χ3v) is 2.03. The van der Waals surface area contributed by atoms with Crippen molar-refractivity contribution in [2.45, 2.75) is 12.5 Å². The quantitative estimate of drug-likeness (QED) is 0.724. The predicted molar refractivity (Wildman–Crippen MR) is 50.0 cm³/mol. The molecule has 14 heavy (non-hydrogen) atoms. The largest absolute Gasteiger partial charge is 0.467 e. The van der Waals surface area contributed by atoms with Gasteiger partial charge in [0.1, 0.15) is 11.4 Å². The normalized spacial score (nSPS) is 14.6. The standard InChI is InChI=1S/C10H12FNO2/c1-10(12,9(13)14-2)7-4-3-5-8(11)6-7/h3-6H,12H2,1-2H3. The van der Waals surface area contributed by atoms with Gasteiger partial charge in [0.2, 0.25) is 0 Å². The molecule has 1 aromatic rings. The van der Waals surface area contributed by atoms with Crippen LogP contribution < -0.4 is 5.73 Å². The van der Waals surface area contributed by atoms with Gasteiger partial charge in [-0.05, 0) is 24.6 Å². The van der Waals surface area contributed by atoms with Gasteiger partial charge < -0.3 is 10.5 Å². The molecular formula is C10H12FNO2. The fraction of sp³-hybridized carbons (Fsp3) is 0.300. The molecule has 2 N–H and O–H groups in total. The Balaban J connectivity index is 3.09. The molecule has 0 fully saturated rings. The highest BCUT2D eigenvalue weighted by Gasteiger charge is 2.31. The fourth-order valence-electron chi connectivity index (χ4n) is 1.14. The van der Waals surface area contributed by atoms with Crippen molar-refractivity contribution < 1.29 is 13.9 Å². The molecule has 0 spiro atoms. The van der Waals surface area contributed by atoms with Gasteiger partial charge in [0.05, 0.1) is 7.11 Å². The Bertz CT molecular complexity index is 350. The second-order valence-corrected chi connectivity index (χ2v) is 3.20. The number of rotatable bonds is 2. The molecule has 0 saturated carbocycles. The molecule has 1 unspecified atom stereocenters. The molecule has 1 atom stereocenters. The van der Waals surface area contributed by atoms with Crippen LogP contribution in [0.25, 0.3) is 0 Å². The maximum Gasteiger partial charge on any atom is 0.330 e. The third kappa shape index (κ3) is 1.90. The molecule has 4 heteroatoms. The first-order valence-corrected chi connectivity index (χ1v) is 4.12. The lowest BCUT2D eigenvalue weighted by atomic mass is 9.93. The first kappa shape index (κ1) is 10.7. The van der Waals surface area contributed by atoms with E-state index in [4.69, 9.17) is 5.73 Å². The number of halogens is 1. The molecule has 0 heterocycles. The van der Waals surface area contributed by atoms with Crippen LogP contribution in [-0.2, 0) is 15.1 Å². The molecule has 0 bridgehead atoms. The number of carbonyl (C=O) groups is 1. The maximum absolute atomic E-state index is 12.9. The number of carbonyl (C=O) groups excluding carboxylic acids is 1. The van der Waals surface area contributed by atoms with E-state index in [9.17, 15) is 9.18 Å². The summed E-state index contributed by atoms with van der Waals surface area (Å²) >= 11 is 0. The Morgan fingerprint density at radius 2 is 2.21 bits per heavy atom. The van der Waals surface area contributed by atoms with Crippen LogP contribution in [0.4, 0.5) is 4.39 Å². The number of hydrogen-bond acceptors (Lipinski definition) is 3. The van der Waals surface area contributed by atoms with E-state index in [0.29, 0.717) is 5.56 Å². The van der Waals surface area contributed by atoms with Crippen molar-refractivity contribution in [3.05, 3.63) is 35.6 Å². The fourth-order valence-corrected chi connectivity index (χ4v) is 1.14. The summed E-state index contributed by atoms with van der Waals surface area (Å²) in [6.07, 6.45) is 0. The summed E-state index contributed by atoms with van der Waals surface area (Å²) < 4.78 is 17.4. The van der Waals surface area contributed by atoms with Gasteiger partial charge in [-0.1, -0.05) is 12.1 Å². The van der Waals surface area contributed by atoms with E-state index in [-0.39, 0.29) is 0 Å². The van der Waals surface area contributed by atoms with Gasteiger partial charge in [0.15, 0.2) is 0 Å². The summed E-state index contributed by atoms with van der Waals surface area (Å²) in [7, 11) is 1.24. The SMILES string of the molecule is COC(=O)C(C)(N)c1cccc(F)c1. The summed E-state index contributed by atoms with van der Waals surface area (Å²) in [6.45, 7) is 1.48. The second kappa shape index (κ2) is 3.75. The number of nitrogens with two attached hydrogens (primary N) is 1. The van der Waals surface area contributed by atoms with Crippen LogP contribution in [0.5, 0.6) is 0 Å². The molecule has 0 saturated heterocycles. The molecule has 0 amide bonds. The van der Waals surface area contributed by atoms with Gasteiger partial charge >= 0.3 is 5.97 Å². The molecule has 1 rings (SSSR count). The van der Waals surface area contributed by atoms with E-state index in [1.807, 2.05) is 0 Å². The molecule has 76 valence electrons. The zero-order valence-corrected chi connectivity index (χ0v) is 8.08. The van der Waals surface area contributed by atoms with Gasteiger partial charge in [-0.15, -0.1) is 0 Å². The average molecular weight is 197 g/mol. The smallest absolute Gasteiger partial charge is 0.330 e. The van der Waals surface area contributed by atoms with Gasteiger partial charge in [-0.3, -0.25) is 0 Å². The van der Waals surface area contributed by atoms with Crippen LogP contribution >= 0.6 is 0 Å². The van der Waals surface area contributed by atoms with E-state index in [2.05, 4.69) is 4.74 Å². The van der Waals surface area contributed by atoms with Crippen molar-refractivity contribution in [3.63, 3.8) is 0 Å². The highest BCUT2D eigenvalue weighted by atomic mass is 19.1. The first-order valence-electron chi connectivity index (χ1n) is 4.12. The summed E-state index contributed by atoms with van der Waals surface area (Å²) in [6, 6.07) is 5.59. The minimum absolute atomic E-state index is 0.393. The van der Waals surface area contributed by atoms with Crippen LogP contribution in [0.1, 0.15) is 12.5 Å². The lowest BCUT2D eigenvalue weighted by molar-refractivity contribution is -0.146. The number of methoxy groups -OCH3 is 1. The van der Waals surface area contributed by atoms with Crippen LogP contribution in [0, 0.1) is 5.82 Å². The van der Waals surface area contributed by atoms with Crippen molar-refractivity contribution in [3.8, 4) is 0 Å². The number of esters is 1. The monoisotopic (exact) mass is 197 g/mol. The van der Waals surface area contributed by atoms with E-state index < -0.39 is 17.3 Å². The summed E-state index contributed by atoms with van der Waals surface area (Å²) in [5.41, 5.74) is 4.80. The van der Waals surface area contributed by atoms with E-state index in [1.165, 1.54) is 32.2 Å². The Kier molecular flexibility index (Phi) is 2.86. The lowest BCUT2D eigenvalue weighted by Gasteiger charge is -2.21. The van der Waals surface area contributed by atoms with Gasteiger partial charge in [-0.2, -0.15) is 0 Å². The van der Waals surface area contributed by atoms with Crippen molar-refractivity contribution in [2.75, 3.05) is 7.11 Å². The van der Waals surface area contributed by atoms with Crippen LogP contribution in [0.2, 0.25) is 0 Å². The maximum atomic E-state index is 12.9. The van der Waals surface area contributed by atoms with Crippen molar-refractivity contribution in [2.24, 2.45) is 5.73 Å². The molecule has 0 radical (unpaired) electrons. The summed E-state index contributed by atoms with van der Waals surface area (Å²) in [5.74, 6) is -1.02. The summed E-state index contributed by atoms with van der Waals surface area (Å²) in [5, 5.41) is 0. The number of ether oxygens (including phenoxy) is 1. The Morgan fingerprint density at radius 1 is 1.57 bits per heavy atom. The molecular weight excluding hydrogens is 185 g/mol. The van der Waals surface area contributed by atoms with Crippen molar-refractivity contribution in [1.29, 1.82) is 0 Å². The molecule has 0 aliphatic rings. The van der Waals surface area contributed by atoms with Crippen LogP contribution in [-0.4, -0.2) is 13.1 Å². The van der Waals surface area contributed by atoms with E-state index in [1.54, 1.807) is 6.07 Å². The lowest BCUT2D eigenvalue weighted by Crippen LogP contribution is -2.42. The van der Waals surface area contributed by atoms with Gasteiger partial charge in [0, 0.05) is 0 Å². The zero-order valence-electron chi connectivity index (χ0n) is 8.08. The molecule has 0 aliphatic carbocycles. The predicted octanol–water partition coefficient (Wildman–Crippen LogP) is 1.17. The van der Waals surface area contributed by atoms with Gasteiger partial charge in [-0.25, -0.2) is 9.18 Å². The van der Waals surface area contributed by atoms with Crippen LogP contribution in [0.15, 0.2) is 24.3 Å². The van der Waals surface area contributed by atoms with E-state index in [0.717, 1.165) is 0 Å². The molecule has 0 aliphatic heterocycles. The van der Waals surface area contributed by atoms with Crippen LogP contribution in [0.3, 0.4) is 0 Å². The topological polar surface area (TPSA) is 52.3 Å². The molecule has 0 aromatic heterocycles. The zero-order chi connectivity index (χ0) is 10.8. The van der Waals surface area contributed by atoms with E-state index >= 15 is 0 Å². The Hall–Kier alpha value is -1.42. The first-order chi connectivity index (χ1) is 6.48. The minimum Gasteiger partial charge on any atom is -0.467 e. The molecule has 3 nitrogen and oxygen atoms in total. The third-order valence-electron chi connectivity index (χ3n) is 2.03.